The van der Waals surface area contributed by atoms with Gasteiger partial charge < -0.3 is 10.2 Å². The largest absolute Gasteiger partial charge is 0.369 e. The summed E-state index contributed by atoms with van der Waals surface area (Å²) in [5.74, 6) is -0.615. The lowest BCUT2D eigenvalue weighted by atomic mass is 9.99. The van der Waals surface area contributed by atoms with Gasteiger partial charge in [0.05, 0.1) is 17.6 Å². The molecule has 27 heavy (non-hydrogen) atoms. The van der Waals surface area contributed by atoms with Crippen LogP contribution in [0, 0.1) is 11.7 Å². The van der Waals surface area contributed by atoms with Crippen LogP contribution in [0.1, 0.15) is 19.8 Å². The van der Waals surface area contributed by atoms with Gasteiger partial charge in [-0.25, -0.2) is 9.07 Å². The lowest BCUT2D eigenvalue weighted by Crippen LogP contribution is -2.36. The Bertz CT molecular complexity index is 911. The molecule has 3 rings (SSSR count). The number of carbonyl (C=O) groups excluding carboxylic acids is 1. The molecule has 2 aromatic rings. The number of aromatic nitrogens is 2. The summed E-state index contributed by atoms with van der Waals surface area (Å²) in [6, 6.07) is 3.89. The van der Waals surface area contributed by atoms with Gasteiger partial charge in [0.2, 0.25) is 5.91 Å². The molecule has 1 aliphatic rings. The van der Waals surface area contributed by atoms with Crippen molar-refractivity contribution >= 4 is 40.5 Å². The Balaban J connectivity index is 1.72. The van der Waals surface area contributed by atoms with Crippen LogP contribution in [0.15, 0.2) is 29.2 Å². The van der Waals surface area contributed by atoms with Gasteiger partial charge in [-0.05, 0) is 37.0 Å². The second-order valence-electron chi connectivity index (χ2n) is 6.65. The third-order valence-corrected chi connectivity index (χ3v) is 5.18. The number of rotatable bonds is 4. The zero-order valence-electron chi connectivity index (χ0n) is 14.7. The monoisotopic (exact) mass is 412 g/mol. The number of anilines is 2. The standard InChI is InChI=1S/C18H19Cl2FN4O2/c1-11-4-6-24(7-5-11)15-9-22-25(18(27)17(15)20)10-16(26)23-14-3-2-12(19)8-13(14)21/h2-3,8-9,11H,4-7,10H2,1H3,(H,23,26). The molecular formula is C18H19Cl2FN4O2. The summed E-state index contributed by atoms with van der Waals surface area (Å²) in [6.45, 7) is 3.43. The molecule has 0 radical (unpaired) electrons. The molecule has 2 heterocycles. The van der Waals surface area contributed by atoms with Crippen LogP contribution in [0.25, 0.3) is 0 Å². The Labute approximate surface area is 165 Å². The lowest BCUT2D eigenvalue weighted by Gasteiger charge is -2.32. The van der Waals surface area contributed by atoms with Crippen molar-refractivity contribution in [3.8, 4) is 0 Å². The molecular weight excluding hydrogens is 394 g/mol. The third-order valence-electron chi connectivity index (χ3n) is 4.59. The molecule has 0 saturated carbocycles. The lowest BCUT2D eigenvalue weighted by molar-refractivity contribution is -0.117. The number of piperidine rings is 1. The number of hydrogen-bond acceptors (Lipinski definition) is 4. The molecule has 1 aliphatic heterocycles. The maximum atomic E-state index is 13.8. The Kier molecular flexibility index (Phi) is 6.01. The van der Waals surface area contributed by atoms with E-state index in [2.05, 4.69) is 17.3 Å². The van der Waals surface area contributed by atoms with E-state index in [0.29, 0.717) is 11.6 Å². The summed E-state index contributed by atoms with van der Waals surface area (Å²) >= 11 is 11.9. The average molecular weight is 413 g/mol. The minimum atomic E-state index is -0.663. The summed E-state index contributed by atoms with van der Waals surface area (Å²) in [5.41, 5.74) is -0.00362. The Hall–Kier alpha value is -2.12. The highest BCUT2D eigenvalue weighted by Crippen LogP contribution is 2.26. The van der Waals surface area contributed by atoms with Crippen LogP contribution in [0.5, 0.6) is 0 Å². The summed E-state index contributed by atoms with van der Waals surface area (Å²) in [4.78, 5) is 26.6. The van der Waals surface area contributed by atoms with E-state index >= 15 is 0 Å². The number of nitrogens with zero attached hydrogens (tertiary/aromatic N) is 3. The van der Waals surface area contributed by atoms with Crippen molar-refractivity contribution in [1.29, 1.82) is 0 Å². The summed E-state index contributed by atoms with van der Waals surface area (Å²) in [6.07, 6.45) is 3.54. The number of halogens is 3. The van der Waals surface area contributed by atoms with E-state index in [9.17, 15) is 14.0 Å². The van der Waals surface area contributed by atoms with Crippen molar-refractivity contribution in [2.45, 2.75) is 26.3 Å². The summed E-state index contributed by atoms with van der Waals surface area (Å²) in [7, 11) is 0. The topological polar surface area (TPSA) is 67.2 Å². The van der Waals surface area contributed by atoms with E-state index in [0.717, 1.165) is 36.7 Å². The van der Waals surface area contributed by atoms with Crippen LogP contribution in [-0.2, 0) is 11.3 Å². The highest BCUT2D eigenvalue weighted by atomic mass is 35.5. The second kappa shape index (κ2) is 8.27. The Morgan fingerprint density at radius 3 is 2.70 bits per heavy atom. The predicted molar refractivity (Wildman–Crippen MR) is 104 cm³/mol. The Morgan fingerprint density at radius 2 is 2.04 bits per heavy atom. The fraction of sp³-hybridized carbons (Fsp3) is 0.389. The number of amides is 1. The minimum Gasteiger partial charge on any atom is -0.369 e. The quantitative estimate of drug-likeness (QED) is 0.833. The van der Waals surface area contributed by atoms with Gasteiger partial charge in [0.15, 0.2) is 0 Å². The SMILES string of the molecule is CC1CCN(c2cnn(CC(=O)Nc3ccc(Cl)cc3F)c(=O)c2Cl)CC1. The highest BCUT2D eigenvalue weighted by molar-refractivity contribution is 6.33. The molecule has 1 amide bonds. The van der Waals surface area contributed by atoms with Gasteiger partial charge in [0.25, 0.3) is 5.56 Å². The van der Waals surface area contributed by atoms with Crippen molar-refractivity contribution in [2.24, 2.45) is 5.92 Å². The Morgan fingerprint density at radius 1 is 1.33 bits per heavy atom. The third kappa shape index (κ3) is 4.59. The zero-order valence-corrected chi connectivity index (χ0v) is 16.2. The van der Waals surface area contributed by atoms with Crippen LogP contribution in [0.4, 0.5) is 15.8 Å². The van der Waals surface area contributed by atoms with Crippen LogP contribution in [0.3, 0.4) is 0 Å². The van der Waals surface area contributed by atoms with Crippen LogP contribution < -0.4 is 15.8 Å². The van der Waals surface area contributed by atoms with Crippen molar-refractivity contribution in [3.63, 3.8) is 0 Å². The minimum absolute atomic E-state index is 0.0254. The summed E-state index contributed by atoms with van der Waals surface area (Å²) < 4.78 is 14.7. The number of hydrogen-bond donors (Lipinski definition) is 1. The molecule has 6 nitrogen and oxygen atoms in total. The molecule has 1 aromatic heterocycles. The van der Waals surface area contributed by atoms with E-state index in [-0.39, 0.29) is 22.3 Å². The predicted octanol–water partition coefficient (Wildman–Crippen LogP) is 3.56. The van der Waals surface area contributed by atoms with E-state index in [1.165, 1.54) is 18.3 Å². The maximum Gasteiger partial charge on any atom is 0.288 e. The van der Waals surface area contributed by atoms with E-state index in [1.807, 2.05) is 4.90 Å². The molecule has 1 saturated heterocycles. The first-order valence-corrected chi connectivity index (χ1v) is 9.36. The molecule has 0 atom stereocenters. The molecule has 0 bridgehead atoms. The highest BCUT2D eigenvalue weighted by Gasteiger charge is 2.21. The van der Waals surface area contributed by atoms with E-state index in [1.54, 1.807) is 0 Å². The van der Waals surface area contributed by atoms with Gasteiger partial charge in [-0.3, -0.25) is 9.59 Å². The van der Waals surface area contributed by atoms with Crippen molar-refractivity contribution in [2.75, 3.05) is 23.3 Å². The maximum absolute atomic E-state index is 13.8. The average Bonchev–Trinajstić information content (AvgIpc) is 2.63. The molecule has 1 aromatic carbocycles. The summed E-state index contributed by atoms with van der Waals surface area (Å²) in [5, 5.41) is 6.70. The number of nitrogens with one attached hydrogen (secondary N) is 1. The first-order chi connectivity index (χ1) is 12.8. The number of carbonyl (C=O) groups is 1. The first-order valence-electron chi connectivity index (χ1n) is 8.60. The molecule has 0 unspecified atom stereocenters. The van der Waals surface area contributed by atoms with Gasteiger partial charge in [0.1, 0.15) is 17.4 Å². The van der Waals surface area contributed by atoms with Gasteiger partial charge in [0, 0.05) is 18.1 Å². The molecule has 0 spiro atoms. The first kappa shape index (κ1) is 19.6. The second-order valence-corrected chi connectivity index (χ2v) is 7.46. The van der Waals surface area contributed by atoms with Crippen molar-refractivity contribution in [1.82, 2.24) is 9.78 Å². The fourth-order valence-corrected chi connectivity index (χ4v) is 3.38. The van der Waals surface area contributed by atoms with Crippen LogP contribution in [0.2, 0.25) is 10.0 Å². The van der Waals surface area contributed by atoms with Crippen LogP contribution in [-0.4, -0.2) is 28.8 Å². The van der Waals surface area contributed by atoms with Gasteiger partial charge in [-0.2, -0.15) is 5.10 Å². The van der Waals surface area contributed by atoms with Gasteiger partial charge in [-0.1, -0.05) is 30.1 Å². The number of benzene rings is 1. The van der Waals surface area contributed by atoms with Crippen molar-refractivity contribution in [3.05, 3.63) is 50.6 Å². The van der Waals surface area contributed by atoms with Crippen LogP contribution >= 0.6 is 23.2 Å². The molecule has 1 fully saturated rings. The fourth-order valence-electron chi connectivity index (χ4n) is 2.96. The van der Waals surface area contributed by atoms with Crippen molar-refractivity contribution < 1.29 is 9.18 Å². The molecule has 0 aliphatic carbocycles. The van der Waals surface area contributed by atoms with E-state index < -0.39 is 17.3 Å². The van der Waals surface area contributed by atoms with Gasteiger partial charge in [-0.15, -0.1) is 0 Å². The zero-order chi connectivity index (χ0) is 19.6. The smallest absolute Gasteiger partial charge is 0.288 e. The molecule has 1 N–H and O–H groups in total. The van der Waals surface area contributed by atoms with Gasteiger partial charge >= 0.3 is 0 Å². The molecule has 144 valence electrons. The van der Waals surface area contributed by atoms with E-state index in [4.69, 9.17) is 23.2 Å². The molecule has 9 heteroatoms. The normalized spacial score (nSPS) is 15.0.